The molecular formula is C18H16N2O5S. The lowest BCUT2D eigenvalue weighted by Gasteiger charge is -2.37. The lowest BCUT2D eigenvalue weighted by molar-refractivity contribution is 0.0192. The number of carbonyl (C=O) groups is 1. The SMILES string of the molecule is O=C(O)N1CC2OS(=O)OC2C(n2c3ccccc3c3ccccc32)C1. The molecule has 5 rings (SSSR count). The predicted molar refractivity (Wildman–Crippen MR) is 96.0 cm³/mol. The van der Waals surface area contributed by atoms with Gasteiger partial charge < -0.3 is 14.6 Å². The van der Waals surface area contributed by atoms with E-state index in [1.807, 2.05) is 48.5 Å². The molecular weight excluding hydrogens is 356 g/mol. The molecule has 1 aromatic heterocycles. The summed E-state index contributed by atoms with van der Waals surface area (Å²) in [5.41, 5.74) is 1.98. The first-order valence-electron chi connectivity index (χ1n) is 8.35. The first-order valence-corrected chi connectivity index (χ1v) is 9.35. The number of piperidine rings is 1. The summed E-state index contributed by atoms with van der Waals surface area (Å²) in [6, 6.07) is 15.7. The molecule has 8 heteroatoms. The van der Waals surface area contributed by atoms with Crippen LogP contribution < -0.4 is 0 Å². The number of hydrogen-bond donors (Lipinski definition) is 1. The van der Waals surface area contributed by atoms with Crippen LogP contribution in [0.3, 0.4) is 0 Å². The Morgan fingerprint density at radius 1 is 1.00 bits per heavy atom. The van der Waals surface area contributed by atoms with Crippen molar-refractivity contribution in [1.82, 2.24) is 9.47 Å². The molecule has 2 aliphatic rings. The van der Waals surface area contributed by atoms with Gasteiger partial charge in [0.2, 0.25) is 0 Å². The number of benzene rings is 2. The van der Waals surface area contributed by atoms with Gasteiger partial charge in [0.25, 0.3) is 0 Å². The van der Waals surface area contributed by atoms with E-state index in [1.165, 1.54) is 4.90 Å². The Kier molecular flexibility index (Phi) is 3.53. The van der Waals surface area contributed by atoms with Crippen molar-refractivity contribution < 1.29 is 22.5 Å². The lowest BCUT2D eigenvalue weighted by atomic mass is 9.99. The van der Waals surface area contributed by atoms with E-state index in [0.717, 1.165) is 21.8 Å². The van der Waals surface area contributed by atoms with Crippen molar-refractivity contribution in [2.45, 2.75) is 18.2 Å². The van der Waals surface area contributed by atoms with Crippen molar-refractivity contribution in [1.29, 1.82) is 0 Å². The quantitative estimate of drug-likeness (QED) is 0.710. The molecule has 3 heterocycles. The summed E-state index contributed by atoms with van der Waals surface area (Å²) in [4.78, 5) is 12.9. The highest BCUT2D eigenvalue weighted by Crippen LogP contribution is 2.39. The fraction of sp³-hybridized carbons (Fsp3) is 0.278. The molecule has 4 atom stereocenters. The molecule has 0 spiro atoms. The number of hydrogen-bond acceptors (Lipinski definition) is 4. The number of amides is 1. The average Bonchev–Trinajstić information content (AvgIpc) is 3.18. The molecule has 2 saturated heterocycles. The highest BCUT2D eigenvalue weighted by atomic mass is 32.2. The van der Waals surface area contributed by atoms with Crippen molar-refractivity contribution in [3.05, 3.63) is 48.5 Å². The molecule has 4 unspecified atom stereocenters. The topological polar surface area (TPSA) is 81.0 Å². The van der Waals surface area contributed by atoms with Crippen LogP contribution in [-0.4, -0.2) is 50.2 Å². The van der Waals surface area contributed by atoms with E-state index in [1.54, 1.807) is 0 Å². The number of carboxylic acid groups (broad SMARTS) is 1. The van der Waals surface area contributed by atoms with Gasteiger partial charge in [-0.2, -0.15) is 4.21 Å². The summed E-state index contributed by atoms with van der Waals surface area (Å²) in [6.07, 6.45) is -2.04. The summed E-state index contributed by atoms with van der Waals surface area (Å²) in [6.45, 7) is 0.402. The van der Waals surface area contributed by atoms with Crippen molar-refractivity contribution in [3.63, 3.8) is 0 Å². The van der Waals surface area contributed by atoms with Gasteiger partial charge in [0.1, 0.15) is 12.2 Å². The van der Waals surface area contributed by atoms with Gasteiger partial charge in [-0.15, -0.1) is 0 Å². The average molecular weight is 372 g/mol. The lowest BCUT2D eigenvalue weighted by Crippen LogP contribution is -2.53. The number of rotatable bonds is 1. The van der Waals surface area contributed by atoms with Gasteiger partial charge in [0.05, 0.1) is 12.6 Å². The summed E-state index contributed by atoms with van der Waals surface area (Å²) in [5, 5.41) is 11.7. The fourth-order valence-corrected chi connectivity index (χ4v) is 4.94. The van der Waals surface area contributed by atoms with Crippen molar-refractivity contribution in [3.8, 4) is 0 Å². The van der Waals surface area contributed by atoms with E-state index in [0.29, 0.717) is 0 Å². The third-order valence-corrected chi connectivity index (χ3v) is 5.95. The van der Waals surface area contributed by atoms with Crippen LogP contribution in [0.2, 0.25) is 0 Å². The molecule has 0 saturated carbocycles. The van der Waals surface area contributed by atoms with Crippen LogP contribution in [0.25, 0.3) is 21.8 Å². The van der Waals surface area contributed by atoms with Crippen LogP contribution in [0.15, 0.2) is 48.5 Å². The number of nitrogens with zero attached hydrogens (tertiary/aromatic N) is 2. The monoisotopic (exact) mass is 372 g/mol. The van der Waals surface area contributed by atoms with E-state index in [4.69, 9.17) is 8.37 Å². The van der Waals surface area contributed by atoms with Gasteiger partial charge in [-0.05, 0) is 12.1 Å². The Labute approximate surface area is 151 Å². The molecule has 7 nitrogen and oxygen atoms in total. The summed E-state index contributed by atoms with van der Waals surface area (Å²) in [7, 11) is 0. The van der Waals surface area contributed by atoms with Crippen LogP contribution >= 0.6 is 0 Å². The van der Waals surface area contributed by atoms with Gasteiger partial charge in [-0.25, -0.2) is 4.79 Å². The summed E-state index contributed by atoms with van der Waals surface area (Å²) >= 11 is -1.85. The van der Waals surface area contributed by atoms with Gasteiger partial charge in [-0.3, -0.25) is 8.37 Å². The fourth-order valence-electron chi connectivity index (χ4n) is 4.09. The van der Waals surface area contributed by atoms with Gasteiger partial charge in [-0.1, -0.05) is 36.4 Å². The molecule has 2 aliphatic heterocycles. The number of aromatic nitrogens is 1. The number of fused-ring (bicyclic) bond motifs is 4. The standard InChI is InChI=1S/C18H16N2O5S/c21-18(22)19-9-15(17-16(10-19)24-26(23)25-17)20-13-7-3-1-5-11(13)12-6-2-4-8-14(12)20/h1-8,15-17H,9-10H2,(H,21,22). The van der Waals surface area contributed by atoms with Crippen LogP contribution in [0, 0.1) is 0 Å². The van der Waals surface area contributed by atoms with E-state index in [-0.39, 0.29) is 19.1 Å². The molecule has 1 N–H and O–H groups in total. The van der Waals surface area contributed by atoms with Crippen LogP contribution in [0.5, 0.6) is 0 Å². The molecule has 2 fully saturated rings. The Hall–Kier alpha value is -2.42. The minimum Gasteiger partial charge on any atom is -0.465 e. The maximum atomic E-state index is 11.8. The first kappa shape index (κ1) is 15.8. The van der Waals surface area contributed by atoms with Gasteiger partial charge in [0.15, 0.2) is 0 Å². The smallest absolute Gasteiger partial charge is 0.407 e. The Bertz CT molecular complexity index is 995. The second kappa shape index (κ2) is 5.80. The summed E-state index contributed by atoms with van der Waals surface area (Å²) < 4.78 is 24.8. The van der Waals surface area contributed by atoms with Crippen molar-refractivity contribution in [2.24, 2.45) is 0 Å². The van der Waals surface area contributed by atoms with Crippen LogP contribution in [0.4, 0.5) is 4.79 Å². The maximum absolute atomic E-state index is 11.8. The minimum atomic E-state index is -1.85. The normalized spacial score (nSPS) is 28.5. The van der Waals surface area contributed by atoms with Gasteiger partial charge in [0, 0.05) is 28.4 Å². The Morgan fingerprint density at radius 2 is 1.62 bits per heavy atom. The largest absolute Gasteiger partial charge is 0.465 e. The zero-order chi connectivity index (χ0) is 17.8. The zero-order valence-corrected chi connectivity index (χ0v) is 14.5. The second-order valence-corrected chi connectivity index (χ2v) is 7.35. The van der Waals surface area contributed by atoms with Crippen LogP contribution in [0.1, 0.15) is 6.04 Å². The first-order chi connectivity index (χ1) is 12.6. The Morgan fingerprint density at radius 3 is 2.23 bits per heavy atom. The Balaban J connectivity index is 1.74. The third-order valence-electron chi connectivity index (χ3n) is 5.16. The molecule has 2 aromatic carbocycles. The van der Waals surface area contributed by atoms with E-state index < -0.39 is 29.7 Å². The zero-order valence-electron chi connectivity index (χ0n) is 13.6. The molecule has 0 aliphatic carbocycles. The van der Waals surface area contributed by atoms with E-state index >= 15 is 0 Å². The van der Waals surface area contributed by atoms with E-state index in [2.05, 4.69) is 4.57 Å². The van der Waals surface area contributed by atoms with Gasteiger partial charge >= 0.3 is 17.5 Å². The molecule has 26 heavy (non-hydrogen) atoms. The molecule has 1 amide bonds. The van der Waals surface area contributed by atoms with Crippen LogP contribution in [-0.2, 0) is 19.7 Å². The second-order valence-electron chi connectivity index (χ2n) is 6.56. The maximum Gasteiger partial charge on any atom is 0.407 e. The summed E-state index contributed by atoms with van der Waals surface area (Å²) in [5.74, 6) is 0. The molecule has 0 bridgehead atoms. The minimum absolute atomic E-state index is 0.152. The molecule has 0 radical (unpaired) electrons. The highest BCUT2D eigenvalue weighted by Gasteiger charge is 2.48. The molecule has 134 valence electrons. The predicted octanol–water partition coefficient (Wildman–Crippen LogP) is 2.69. The number of likely N-dealkylation sites (tertiary alicyclic amines) is 1. The van der Waals surface area contributed by atoms with Crippen molar-refractivity contribution in [2.75, 3.05) is 13.1 Å². The third kappa shape index (κ3) is 2.26. The highest BCUT2D eigenvalue weighted by molar-refractivity contribution is 7.75. The number of para-hydroxylation sites is 2. The molecule has 3 aromatic rings. The van der Waals surface area contributed by atoms with E-state index in [9.17, 15) is 14.1 Å². The van der Waals surface area contributed by atoms with Crippen molar-refractivity contribution >= 4 is 39.3 Å².